The Labute approximate surface area is 186 Å². The molecule has 32 heavy (non-hydrogen) atoms. The maximum Gasteiger partial charge on any atom is 0.274 e. The number of ether oxygens (including phenoxy) is 2. The summed E-state index contributed by atoms with van der Waals surface area (Å²) in [5.74, 6) is -1.22. The second kappa shape index (κ2) is 9.70. The van der Waals surface area contributed by atoms with Crippen LogP contribution in [0.4, 0.5) is 4.39 Å². The fraction of sp³-hybridized carbons (Fsp3) is 0.478. The fourth-order valence-electron chi connectivity index (χ4n) is 4.00. The van der Waals surface area contributed by atoms with Crippen LogP contribution in [0.15, 0.2) is 36.7 Å². The highest BCUT2D eigenvalue weighted by Gasteiger charge is 2.40. The molecule has 170 valence electrons. The van der Waals surface area contributed by atoms with E-state index in [0.29, 0.717) is 44.8 Å². The zero-order valence-corrected chi connectivity index (χ0v) is 18.1. The molecule has 8 nitrogen and oxygen atoms in total. The van der Waals surface area contributed by atoms with Crippen molar-refractivity contribution in [1.29, 1.82) is 0 Å². The van der Waals surface area contributed by atoms with E-state index in [-0.39, 0.29) is 42.8 Å². The molecule has 0 saturated carbocycles. The zero-order valence-electron chi connectivity index (χ0n) is 18.1. The minimum Gasteiger partial charge on any atom is -0.347 e. The number of nitrogens with zero attached hydrogens (tertiary/aromatic N) is 4. The summed E-state index contributed by atoms with van der Waals surface area (Å²) in [4.78, 5) is 37.6. The molecule has 2 saturated heterocycles. The number of piperidine rings is 1. The molecule has 2 fully saturated rings. The van der Waals surface area contributed by atoms with Crippen LogP contribution >= 0.6 is 0 Å². The van der Waals surface area contributed by atoms with Gasteiger partial charge in [-0.2, -0.15) is 0 Å². The summed E-state index contributed by atoms with van der Waals surface area (Å²) < 4.78 is 24.7. The zero-order chi connectivity index (χ0) is 22.6. The summed E-state index contributed by atoms with van der Waals surface area (Å²) >= 11 is 0. The number of aromatic nitrogens is 2. The first-order chi connectivity index (χ1) is 15.4. The Bertz CT molecular complexity index is 935. The van der Waals surface area contributed by atoms with Crippen molar-refractivity contribution in [3.8, 4) is 0 Å². The van der Waals surface area contributed by atoms with Crippen LogP contribution in [0.1, 0.15) is 41.0 Å². The molecule has 0 atom stereocenters. The predicted molar refractivity (Wildman–Crippen MR) is 113 cm³/mol. The number of hydrogen-bond acceptors (Lipinski definition) is 6. The number of rotatable bonds is 6. The summed E-state index contributed by atoms with van der Waals surface area (Å²) in [7, 11) is 0. The van der Waals surface area contributed by atoms with Crippen LogP contribution in [-0.4, -0.2) is 70.2 Å². The number of halogens is 1. The van der Waals surface area contributed by atoms with Gasteiger partial charge in [-0.05, 0) is 24.6 Å². The van der Waals surface area contributed by atoms with Gasteiger partial charge in [0.05, 0.1) is 25.1 Å². The van der Waals surface area contributed by atoms with Crippen molar-refractivity contribution in [2.75, 3.05) is 32.8 Å². The molecule has 4 rings (SSSR count). The fourth-order valence-corrected chi connectivity index (χ4v) is 4.00. The smallest absolute Gasteiger partial charge is 0.274 e. The molecule has 0 unspecified atom stereocenters. The van der Waals surface area contributed by atoms with E-state index >= 15 is 0 Å². The maximum absolute atomic E-state index is 13.3. The normalized spacial score (nSPS) is 17.5. The van der Waals surface area contributed by atoms with Gasteiger partial charge in [0, 0.05) is 51.6 Å². The highest BCUT2D eigenvalue weighted by atomic mass is 19.1. The molecule has 0 bridgehead atoms. The average molecular weight is 442 g/mol. The molecule has 2 aliphatic rings. The second-order valence-corrected chi connectivity index (χ2v) is 8.13. The van der Waals surface area contributed by atoms with E-state index in [0.717, 1.165) is 5.56 Å². The van der Waals surface area contributed by atoms with Gasteiger partial charge in [0.15, 0.2) is 5.79 Å². The van der Waals surface area contributed by atoms with Crippen LogP contribution in [-0.2, 0) is 20.8 Å². The third-order valence-corrected chi connectivity index (χ3v) is 5.86. The van der Waals surface area contributed by atoms with Crippen LogP contribution in [0.25, 0.3) is 0 Å². The van der Waals surface area contributed by atoms with Gasteiger partial charge in [-0.3, -0.25) is 14.6 Å². The van der Waals surface area contributed by atoms with Crippen molar-refractivity contribution < 1.29 is 23.5 Å². The Balaban J connectivity index is 1.40. The topological polar surface area (TPSA) is 84.9 Å². The first-order valence-electron chi connectivity index (χ1n) is 10.8. The van der Waals surface area contributed by atoms with Crippen molar-refractivity contribution in [3.63, 3.8) is 0 Å². The number of benzene rings is 1. The van der Waals surface area contributed by atoms with E-state index in [1.807, 2.05) is 0 Å². The lowest BCUT2D eigenvalue weighted by Gasteiger charge is -2.37. The Morgan fingerprint density at radius 2 is 1.78 bits per heavy atom. The van der Waals surface area contributed by atoms with Crippen molar-refractivity contribution in [2.45, 2.75) is 38.5 Å². The van der Waals surface area contributed by atoms with Gasteiger partial charge < -0.3 is 19.3 Å². The molecule has 0 aliphatic carbocycles. The molecule has 2 aromatic rings. The number of hydrogen-bond donors (Lipinski definition) is 0. The van der Waals surface area contributed by atoms with Crippen LogP contribution in [0.5, 0.6) is 0 Å². The van der Waals surface area contributed by atoms with E-state index in [9.17, 15) is 14.0 Å². The number of amides is 2. The predicted octanol–water partition coefficient (Wildman–Crippen LogP) is 2.32. The summed E-state index contributed by atoms with van der Waals surface area (Å²) in [6, 6.07) is 5.96. The Hall–Kier alpha value is -2.91. The average Bonchev–Trinajstić information content (AvgIpc) is 3.26. The van der Waals surface area contributed by atoms with Crippen LogP contribution in [0, 0.1) is 12.7 Å². The molecule has 1 aromatic heterocycles. The molecule has 1 aromatic carbocycles. The molecule has 0 radical (unpaired) electrons. The minimum atomic E-state index is -0.536. The molecule has 2 amide bonds. The van der Waals surface area contributed by atoms with Gasteiger partial charge in [-0.15, -0.1) is 0 Å². The largest absolute Gasteiger partial charge is 0.347 e. The third-order valence-electron chi connectivity index (χ3n) is 5.86. The summed E-state index contributed by atoms with van der Waals surface area (Å²) in [6.07, 6.45) is 4.45. The van der Waals surface area contributed by atoms with Crippen molar-refractivity contribution in [3.05, 3.63) is 59.4 Å². The molecule has 0 N–H and O–H groups in total. The first-order valence-corrected chi connectivity index (χ1v) is 10.8. The molecule has 2 aliphatic heterocycles. The number of carbonyl (C=O) groups excluding carboxylic acids is 2. The second-order valence-electron chi connectivity index (χ2n) is 8.13. The molecule has 1 spiro atoms. The lowest BCUT2D eigenvalue weighted by atomic mass is 10.0. The van der Waals surface area contributed by atoms with Crippen LogP contribution in [0.2, 0.25) is 0 Å². The van der Waals surface area contributed by atoms with Crippen LogP contribution in [0.3, 0.4) is 0 Å². The Morgan fingerprint density at radius 1 is 1.09 bits per heavy atom. The number of aryl methyl sites for hydroxylation is 1. The quantitative estimate of drug-likeness (QED) is 0.683. The first kappa shape index (κ1) is 22.3. The van der Waals surface area contributed by atoms with Gasteiger partial charge in [-0.1, -0.05) is 12.1 Å². The highest BCUT2D eigenvalue weighted by molar-refractivity contribution is 5.92. The lowest BCUT2D eigenvalue weighted by Crippen LogP contribution is -2.48. The number of likely N-dealkylation sites (tertiary alicyclic amines) is 1. The third kappa shape index (κ3) is 5.28. The van der Waals surface area contributed by atoms with Gasteiger partial charge in [0.2, 0.25) is 5.91 Å². The summed E-state index contributed by atoms with van der Waals surface area (Å²) in [5, 5.41) is 0. The van der Waals surface area contributed by atoms with Crippen molar-refractivity contribution >= 4 is 11.8 Å². The van der Waals surface area contributed by atoms with E-state index < -0.39 is 5.79 Å². The van der Waals surface area contributed by atoms with E-state index in [2.05, 4.69) is 9.97 Å². The number of carbonyl (C=O) groups is 2. The monoisotopic (exact) mass is 442 g/mol. The van der Waals surface area contributed by atoms with E-state index in [4.69, 9.17) is 9.47 Å². The molecule has 9 heteroatoms. The lowest BCUT2D eigenvalue weighted by molar-refractivity contribution is -0.187. The van der Waals surface area contributed by atoms with E-state index in [1.165, 1.54) is 24.5 Å². The van der Waals surface area contributed by atoms with Gasteiger partial charge in [0.25, 0.3) is 5.91 Å². The highest BCUT2D eigenvalue weighted by Crippen LogP contribution is 2.31. The minimum absolute atomic E-state index is 0.0234. The van der Waals surface area contributed by atoms with Gasteiger partial charge in [-0.25, -0.2) is 9.37 Å². The Morgan fingerprint density at radius 3 is 2.41 bits per heavy atom. The summed E-state index contributed by atoms with van der Waals surface area (Å²) in [5.41, 5.74) is 1.68. The van der Waals surface area contributed by atoms with Crippen molar-refractivity contribution in [1.82, 2.24) is 19.8 Å². The summed E-state index contributed by atoms with van der Waals surface area (Å²) in [6.45, 7) is 4.57. The maximum atomic E-state index is 13.3. The SMILES string of the molecule is Cc1cnc(C(=O)N(CCC(=O)N2CCC3(CC2)OCCO3)Cc2ccc(F)cc2)cn1. The van der Waals surface area contributed by atoms with Gasteiger partial charge >= 0.3 is 0 Å². The standard InChI is InChI=1S/C23H27FN4O4/c1-17-14-26-20(15-25-17)22(30)28(16-18-2-4-19(24)5-3-18)9-6-21(29)27-10-7-23(8-11-27)31-12-13-32-23/h2-5,14-15H,6-13,16H2,1H3. The van der Waals surface area contributed by atoms with E-state index in [1.54, 1.807) is 28.9 Å². The van der Waals surface area contributed by atoms with Gasteiger partial charge in [0.1, 0.15) is 11.5 Å². The van der Waals surface area contributed by atoms with Crippen molar-refractivity contribution in [2.24, 2.45) is 0 Å². The molecule has 3 heterocycles. The van der Waals surface area contributed by atoms with Crippen LogP contribution < -0.4 is 0 Å². The molecular formula is C23H27FN4O4. The Kier molecular flexibility index (Phi) is 6.76. The molecular weight excluding hydrogens is 415 g/mol.